The molecule has 0 radical (unpaired) electrons. The molecular weight excluding hydrogens is 272 g/mol. The highest BCUT2D eigenvalue weighted by Gasteiger charge is 2.27. The van der Waals surface area contributed by atoms with Crippen LogP contribution in [0.5, 0.6) is 0 Å². The zero-order valence-corrected chi connectivity index (χ0v) is 10.7. The Morgan fingerprint density at radius 2 is 2.38 bits per heavy atom. The molecule has 2 N–H and O–H groups in total. The summed E-state index contributed by atoms with van der Waals surface area (Å²) in [5, 5.41) is 12.0. The maximum Gasteiger partial charge on any atom is 0.267 e. The summed E-state index contributed by atoms with van der Waals surface area (Å²) in [5.41, 5.74) is 0.645. The van der Waals surface area contributed by atoms with Gasteiger partial charge in [0.25, 0.3) is 5.91 Å². The Kier molecular flexibility index (Phi) is 3.35. The Labute approximate surface area is 103 Å². The van der Waals surface area contributed by atoms with Crippen molar-refractivity contribution < 1.29 is 9.90 Å². The minimum absolute atomic E-state index is 0.0606. The van der Waals surface area contributed by atoms with Crippen LogP contribution in [-0.2, 0) is 7.05 Å². The van der Waals surface area contributed by atoms with E-state index in [1.54, 1.807) is 10.6 Å². The normalized spacial score (nSPS) is 23.9. The highest BCUT2D eigenvalue weighted by molar-refractivity contribution is 9.10. The second kappa shape index (κ2) is 4.59. The number of carbonyl (C=O) groups excluding carboxylic acids is 1. The van der Waals surface area contributed by atoms with E-state index in [1.807, 2.05) is 13.2 Å². The molecule has 1 aliphatic rings. The molecule has 0 unspecified atom stereocenters. The molecule has 1 aliphatic carbocycles. The zero-order chi connectivity index (χ0) is 11.7. The fraction of sp³-hybridized carbons (Fsp3) is 0.545. The maximum absolute atomic E-state index is 11.8. The van der Waals surface area contributed by atoms with Crippen molar-refractivity contribution >= 4 is 21.8 Å². The fourth-order valence-corrected chi connectivity index (χ4v) is 2.47. The quantitative estimate of drug-likeness (QED) is 0.880. The Hall–Kier alpha value is -0.810. The molecule has 1 saturated carbocycles. The van der Waals surface area contributed by atoms with Crippen molar-refractivity contribution in [3.05, 3.63) is 22.4 Å². The molecule has 16 heavy (non-hydrogen) atoms. The van der Waals surface area contributed by atoms with Crippen molar-refractivity contribution in [1.29, 1.82) is 0 Å². The van der Waals surface area contributed by atoms with E-state index in [0.717, 1.165) is 17.3 Å². The number of aliphatic hydroxyl groups is 1. The molecular formula is C11H15BrN2O2. The van der Waals surface area contributed by atoms with Crippen molar-refractivity contribution in [2.75, 3.05) is 6.54 Å². The highest BCUT2D eigenvalue weighted by atomic mass is 79.9. The van der Waals surface area contributed by atoms with E-state index in [2.05, 4.69) is 21.2 Å². The van der Waals surface area contributed by atoms with E-state index < -0.39 is 0 Å². The Morgan fingerprint density at radius 3 is 2.88 bits per heavy atom. The van der Waals surface area contributed by atoms with E-state index in [-0.39, 0.29) is 12.0 Å². The summed E-state index contributed by atoms with van der Waals surface area (Å²) in [5.74, 6) is 0.372. The van der Waals surface area contributed by atoms with Crippen molar-refractivity contribution in [1.82, 2.24) is 9.88 Å². The average molecular weight is 287 g/mol. The van der Waals surface area contributed by atoms with Crippen molar-refractivity contribution in [3.8, 4) is 0 Å². The summed E-state index contributed by atoms with van der Waals surface area (Å²) in [6.45, 7) is 0.651. The molecule has 0 atom stereocenters. The minimum atomic E-state index is -0.161. The third-order valence-corrected chi connectivity index (χ3v) is 3.40. The summed E-state index contributed by atoms with van der Waals surface area (Å²) in [6.07, 6.45) is 3.29. The molecule has 4 nitrogen and oxygen atoms in total. The largest absolute Gasteiger partial charge is 0.393 e. The van der Waals surface area contributed by atoms with Crippen molar-refractivity contribution in [3.63, 3.8) is 0 Å². The first kappa shape index (κ1) is 11.7. The highest BCUT2D eigenvalue weighted by Crippen LogP contribution is 2.26. The van der Waals surface area contributed by atoms with Crippen molar-refractivity contribution in [2.24, 2.45) is 13.0 Å². The van der Waals surface area contributed by atoms with E-state index in [1.165, 1.54) is 0 Å². The predicted octanol–water partition coefficient (Wildman–Crippen LogP) is 1.29. The van der Waals surface area contributed by atoms with Crippen LogP contribution in [-0.4, -0.2) is 28.2 Å². The Morgan fingerprint density at radius 1 is 1.69 bits per heavy atom. The third-order valence-electron chi connectivity index (χ3n) is 2.97. The van der Waals surface area contributed by atoms with Gasteiger partial charge in [-0.3, -0.25) is 4.79 Å². The van der Waals surface area contributed by atoms with Crippen LogP contribution in [0.1, 0.15) is 23.3 Å². The van der Waals surface area contributed by atoms with E-state index in [9.17, 15) is 4.79 Å². The van der Waals surface area contributed by atoms with Gasteiger partial charge >= 0.3 is 0 Å². The number of rotatable bonds is 3. The summed E-state index contributed by atoms with van der Waals surface area (Å²) in [7, 11) is 1.84. The van der Waals surface area contributed by atoms with Crippen LogP contribution in [0.2, 0.25) is 0 Å². The van der Waals surface area contributed by atoms with E-state index >= 15 is 0 Å². The Balaban J connectivity index is 1.86. The first-order chi connectivity index (χ1) is 7.56. The number of hydrogen-bond acceptors (Lipinski definition) is 2. The predicted molar refractivity (Wildman–Crippen MR) is 64.2 cm³/mol. The molecule has 1 fully saturated rings. The molecule has 1 aromatic heterocycles. The molecule has 5 heteroatoms. The maximum atomic E-state index is 11.8. The molecule has 1 heterocycles. The summed E-state index contributed by atoms with van der Waals surface area (Å²) in [4.78, 5) is 11.8. The van der Waals surface area contributed by atoms with E-state index in [0.29, 0.717) is 18.2 Å². The van der Waals surface area contributed by atoms with Crippen molar-refractivity contribution in [2.45, 2.75) is 18.9 Å². The molecule has 0 aromatic carbocycles. The van der Waals surface area contributed by atoms with Crippen LogP contribution < -0.4 is 5.32 Å². The summed E-state index contributed by atoms with van der Waals surface area (Å²) < 4.78 is 2.69. The lowest BCUT2D eigenvalue weighted by atomic mass is 9.82. The average Bonchev–Trinajstić information content (AvgIpc) is 2.50. The lowest BCUT2D eigenvalue weighted by Crippen LogP contribution is -2.38. The molecule has 2 rings (SSSR count). The van der Waals surface area contributed by atoms with Gasteiger partial charge in [-0.1, -0.05) is 0 Å². The standard InChI is InChI=1S/C11H15BrN2O2/c1-14-6-8(12)4-10(14)11(16)13-5-7-2-9(15)3-7/h4,6-7,9,15H,2-3,5H2,1H3,(H,13,16). The van der Waals surface area contributed by atoms with Crippen LogP contribution in [0.15, 0.2) is 16.7 Å². The topological polar surface area (TPSA) is 54.3 Å². The number of aryl methyl sites for hydroxylation is 1. The number of amides is 1. The van der Waals surface area contributed by atoms with Crippen LogP contribution in [0.3, 0.4) is 0 Å². The molecule has 1 aromatic rings. The van der Waals surface area contributed by atoms with Gasteiger partial charge in [0.05, 0.1) is 6.10 Å². The van der Waals surface area contributed by atoms with Crippen LogP contribution >= 0.6 is 15.9 Å². The molecule has 88 valence electrons. The van der Waals surface area contributed by atoms with Gasteiger partial charge in [0.15, 0.2) is 0 Å². The monoisotopic (exact) mass is 286 g/mol. The smallest absolute Gasteiger partial charge is 0.267 e. The number of nitrogens with one attached hydrogen (secondary N) is 1. The lowest BCUT2D eigenvalue weighted by Gasteiger charge is -2.31. The fourth-order valence-electron chi connectivity index (χ4n) is 1.94. The number of aliphatic hydroxyl groups excluding tert-OH is 1. The number of carbonyl (C=O) groups is 1. The molecule has 1 amide bonds. The molecule has 0 bridgehead atoms. The number of aromatic nitrogens is 1. The van der Waals surface area contributed by atoms with Crippen LogP contribution in [0.4, 0.5) is 0 Å². The SMILES string of the molecule is Cn1cc(Br)cc1C(=O)NCC1CC(O)C1. The van der Waals surface area contributed by atoms with Gasteiger partial charge in [-0.25, -0.2) is 0 Å². The first-order valence-corrected chi connectivity index (χ1v) is 6.13. The molecule has 0 saturated heterocycles. The van der Waals surface area contributed by atoms with Crippen LogP contribution in [0.25, 0.3) is 0 Å². The van der Waals surface area contributed by atoms with E-state index in [4.69, 9.17) is 5.11 Å². The molecule has 0 spiro atoms. The number of halogens is 1. The van der Waals surface area contributed by atoms with Gasteiger partial charge in [-0.15, -0.1) is 0 Å². The zero-order valence-electron chi connectivity index (χ0n) is 9.11. The van der Waals surface area contributed by atoms with Gasteiger partial charge in [-0.2, -0.15) is 0 Å². The Bertz CT molecular complexity index is 397. The second-order valence-electron chi connectivity index (χ2n) is 4.36. The second-order valence-corrected chi connectivity index (χ2v) is 5.27. The third kappa shape index (κ3) is 2.47. The summed E-state index contributed by atoms with van der Waals surface area (Å²) >= 11 is 3.33. The summed E-state index contributed by atoms with van der Waals surface area (Å²) in [6, 6.07) is 1.80. The van der Waals surface area contributed by atoms with Gasteiger partial charge in [0.2, 0.25) is 0 Å². The minimum Gasteiger partial charge on any atom is -0.393 e. The van der Waals surface area contributed by atoms with Gasteiger partial charge in [0.1, 0.15) is 5.69 Å². The van der Waals surface area contributed by atoms with Gasteiger partial charge in [-0.05, 0) is 40.8 Å². The van der Waals surface area contributed by atoms with Gasteiger partial charge in [0, 0.05) is 24.3 Å². The van der Waals surface area contributed by atoms with Crippen LogP contribution in [0, 0.1) is 5.92 Å². The number of nitrogens with zero attached hydrogens (tertiary/aromatic N) is 1. The number of hydrogen-bond donors (Lipinski definition) is 2. The molecule has 0 aliphatic heterocycles. The van der Waals surface area contributed by atoms with Gasteiger partial charge < -0.3 is 15.0 Å². The lowest BCUT2D eigenvalue weighted by molar-refractivity contribution is 0.0419. The first-order valence-electron chi connectivity index (χ1n) is 5.34.